The molecule has 30 heavy (non-hydrogen) atoms. The molecular formula is C23H23N3O4. The lowest BCUT2D eigenvalue weighted by atomic mass is 10.1. The first-order valence-corrected chi connectivity index (χ1v) is 10.3. The summed E-state index contributed by atoms with van der Waals surface area (Å²) in [5.74, 6) is 1.10. The van der Waals surface area contributed by atoms with Gasteiger partial charge >= 0.3 is 0 Å². The van der Waals surface area contributed by atoms with E-state index in [4.69, 9.17) is 9.47 Å². The van der Waals surface area contributed by atoms with Crippen molar-refractivity contribution in [1.29, 1.82) is 0 Å². The van der Waals surface area contributed by atoms with Gasteiger partial charge in [-0.1, -0.05) is 30.3 Å². The normalized spacial score (nSPS) is 20.1. The average Bonchev–Trinajstić information content (AvgIpc) is 3.42. The van der Waals surface area contributed by atoms with Crippen LogP contribution < -0.4 is 10.3 Å². The molecule has 1 aromatic heterocycles. The van der Waals surface area contributed by atoms with Crippen molar-refractivity contribution in [2.24, 2.45) is 0 Å². The van der Waals surface area contributed by atoms with E-state index < -0.39 is 6.10 Å². The topological polar surface area (TPSA) is 84.5 Å². The molecule has 1 amide bonds. The largest absolute Gasteiger partial charge is 0.480 e. The minimum Gasteiger partial charge on any atom is -0.480 e. The summed E-state index contributed by atoms with van der Waals surface area (Å²) in [6.07, 6.45) is 1.86. The predicted octanol–water partition coefficient (Wildman–Crippen LogP) is 2.43. The van der Waals surface area contributed by atoms with Crippen LogP contribution in [0.15, 0.2) is 53.3 Å². The number of amides is 1. The summed E-state index contributed by atoms with van der Waals surface area (Å²) >= 11 is 0. The summed E-state index contributed by atoms with van der Waals surface area (Å²) in [6, 6.07) is 14.9. The van der Waals surface area contributed by atoms with E-state index in [-0.39, 0.29) is 24.1 Å². The number of hydrogen-bond donors (Lipinski definition) is 1. The van der Waals surface area contributed by atoms with E-state index in [2.05, 4.69) is 9.97 Å². The molecule has 1 saturated heterocycles. The minimum atomic E-state index is -0.573. The molecule has 2 aromatic carbocycles. The second kappa shape index (κ2) is 7.91. The van der Waals surface area contributed by atoms with Crippen LogP contribution in [0.2, 0.25) is 0 Å². The Balaban J connectivity index is 1.41. The third kappa shape index (κ3) is 3.68. The van der Waals surface area contributed by atoms with Crippen molar-refractivity contribution < 1.29 is 14.3 Å². The molecular weight excluding hydrogens is 382 g/mol. The first-order chi connectivity index (χ1) is 14.7. The van der Waals surface area contributed by atoms with Crippen molar-refractivity contribution >= 4 is 16.8 Å². The van der Waals surface area contributed by atoms with E-state index in [1.807, 2.05) is 30.3 Å². The SMILES string of the molecule is O=C(C1Cc2ccccc2O1)N(Cc1nc2ccccc2c(=O)[nH]1)CC1CCCO1. The number of fused-ring (bicyclic) bond motifs is 2. The fourth-order valence-electron chi connectivity index (χ4n) is 4.18. The summed E-state index contributed by atoms with van der Waals surface area (Å²) in [4.78, 5) is 34.9. The van der Waals surface area contributed by atoms with Crippen molar-refractivity contribution in [3.8, 4) is 5.75 Å². The lowest BCUT2D eigenvalue weighted by molar-refractivity contribution is -0.140. The number of ether oxygens (including phenoxy) is 2. The smallest absolute Gasteiger partial charge is 0.264 e. The van der Waals surface area contributed by atoms with Gasteiger partial charge in [0, 0.05) is 19.6 Å². The lowest BCUT2D eigenvalue weighted by Gasteiger charge is -2.27. The molecule has 2 atom stereocenters. The fraction of sp³-hybridized carbons (Fsp3) is 0.348. The van der Waals surface area contributed by atoms with Crippen LogP contribution in [-0.4, -0.2) is 46.1 Å². The highest BCUT2D eigenvalue weighted by Gasteiger charge is 2.34. The van der Waals surface area contributed by atoms with E-state index >= 15 is 0 Å². The molecule has 2 aliphatic rings. The predicted molar refractivity (Wildman–Crippen MR) is 111 cm³/mol. The minimum absolute atomic E-state index is 0.00935. The number of aromatic amines is 1. The zero-order chi connectivity index (χ0) is 20.5. The molecule has 0 bridgehead atoms. The van der Waals surface area contributed by atoms with Crippen LogP contribution >= 0.6 is 0 Å². The molecule has 5 rings (SSSR count). The molecule has 0 aliphatic carbocycles. The van der Waals surface area contributed by atoms with Crippen LogP contribution in [0.3, 0.4) is 0 Å². The molecule has 3 heterocycles. The summed E-state index contributed by atoms with van der Waals surface area (Å²) < 4.78 is 11.7. The maximum Gasteiger partial charge on any atom is 0.264 e. The molecule has 154 valence electrons. The summed E-state index contributed by atoms with van der Waals surface area (Å²) in [5.41, 5.74) is 1.44. The highest BCUT2D eigenvalue weighted by molar-refractivity contribution is 5.83. The zero-order valence-corrected chi connectivity index (χ0v) is 16.5. The van der Waals surface area contributed by atoms with E-state index in [1.165, 1.54) is 0 Å². The van der Waals surface area contributed by atoms with Gasteiger partial charge in [0.25, 0.3) is 11.5 Å². The van der Waals surface area contributed by atoms with E-state index in [9.17, 15) is 9.59 Å². The van der Waals surface area contributed by atoms with Gasteiger partial charge in [0.15, 0.2) is 6.10 Å². The third-order valence-electron chi connectivity index (χ3n) is 5.68. The standard InChI is InChI=1S/C23H23N3O4/c27-22-17-8-2-3-9-18(17)24-21(25-22)14-26(13-16-7-5-11-29-16)23(28)20-12-15-6-1-4-10-19(15)30-20/h1-4,6,8-10,16,20H,5,7,11-14H2,(H,24,25,27). The number of nitrogens with zero attached hydrogens (tertiary/aromatic N) is 2. The lowest BCUT2D eigenvalue weighted by Crippen LogP contribution is -2.44. The Bertz CT molecular complexity index is 1110. The Kier molecular flexibility index (Phi) is 4.96. The van der Waals surface area contributed by atoms with Gasteiger partial charge in [0.2, 0.25) is 0 Å². The van der Waals surface area contributed by atoms with E-state index in [1.54, 1.807) is 23.1 Å². The Morgan fingerprint density at radius 2 is 2.00 bits per heavy atom. The zero-order valence-electron chi connectivity index (χ0n) is 16.5. The molecule has 3 aromatic rings. The van der Waals surface area contributed by atoms with Gasteiger partial charge in [-0.3, -0.25) is 9.59 Å². The number of carbonyl (C=O) groups excluding carboxylic acids is 1. The van der Waals surface area contributed by atoms with Gasteiger partial charge in [-0.25, -0.2) is 4.98 Å². The second-order valence-corrected chi connectivity index (χ2v) is 7.80. The molecule has 7 nitrogen and oxygen atoms in total. The van der Waals surface area contributed by atoms with Gasteiger partial charge in [-0.15, -0.1) is 0 Å². The molecule has 2 unspecified atom stereocenters. The van der Waals surface area contributed by atoms with Gasteiger partial charge in [-0.2, -0.15) is 0 Å². The summed E-state index contributed by atoms with van der Waals surface area (Å²) in [6.45, 7) is 1.36. The molecule has 7 heteroatoms. The Morgan fingerprint density at radius 3 is 2.83 bits per heavy atom. The quantitative estimate of drug-likeness (QED) is 0.705. The number of carbonyl (C=O) groups is 1. The number of H-pyrrole nitrogens is 1. The highest BCUT2D eigenvalue weighted by Crippen LogP contribution is 2.29. The van der Waals surface area contributed by atoms with Gasteiger partial charge in [-0.05, 0) is 36.6 Å². The maximum absolute atomic E-state index is 13.4. The van der Waals surface area contributed by atoms with Crippen molar-refractivity contribution in [3.63, 3.8) is 0 Å². The second-order valence-electron chi connectivity index (χ2n) is 7.80. The first kappa shape index (κ1) is 18.8. The number of nitrogens with one attached hydrogen (secondary N) is 1. The third-order valence-corrected chi connectivity index (χ3v) is 5.68. The van der Waals surface area contributed by atoms with Crippen LogP contribution in [-0.2, 0) is 22.5 Å². The number of benzene rings is 2. The summed E-state index contributed by atoms with van der Waals surface area (Å²) in [5, 5.41) is 0.535. The van der Waals surface area contributed by atoms with Crippen molar-refractivity contribution in [3.05, 3.63) is 70.3 Å². The van der Waals surface area contributed by atoms with Crippen molar-refractivity contribution in [1.82, 2.24) is 14.9 Å². The van der Waals surface area contributed by atoms with E-state index in [0.717, 1.165) is 24.2 Å². The number of hydrogen-bond acceptors (Lipinski definition) is 5. The number of aromatic nitrogens is 2. The fourth-order valence-corrected chi connectivity index (χ4v) is 4.18. The van der Waals surface area contributed by atoms with Crippen LogP contribution in [0, 0.1) is 0 Å². The first-order valence-electron chi connectivity index (χ1n) is 10.3. The van der Waals surface area contributed by atoms with Gasteiger partial charge < -0.3 is 19.4 Å². The number of rotatable bonds is 5. The van der Waals surface area contributed by atoms with Gasteiger partial charge in [0.1, 0.15) is 11.6 Å². The van der Waals surface area contributed by atoms with E-state index in [0.29, 0.717) is 36.3 Å². The molecule has 0 saturated carbocycles. The van der Waals surface area contributed by atoms with Crippen LogP contribution in [0.25, 0.3) is 10.9 Å². The molecule has 1 N–H and O–H groups in total. The van der Waals surface area contributed by atoms with Crippen LogP contribution in [0.5, 0.6) is 5.75 Å². The Labute approximate surface area is 173 Å². The van der Waals surface area contributed by atoms with Gasteiger partial charge in [0.05, 0.1) is 23.6 Å². The Hall–Kier alpha value is -3.19. The number of para-hydroxylation sites is 2. The molecule has 0 radical (unpaired) electrons. The molecule has 0 spiro atoms. The van der Waals surface area contributed by atoms with Crippen molar-refractivity contribution in [2.45, 2.75) is 38.0 Å². The molecule has 2 aliphatic heterocycles. The van der Waals surface area contributed by atoms with Crippen LogP contribution in [0.1, 0.15) is 24.2 Å². The van der Waals surface area contributed by atoms with Crippen LogP contribution in [0.4, 0.5) is 0 Å². The average molecular weight is 405 g/mol. The monoisotopic (exact) mass is 405 g/mol. The highest BCUT2D eigenvalue weighted by atomic mass is 16.5. The van der Waals surface area contributed by atoms with Crippen molar-refractivity contribution in [2.75, 3.05) is 13.2 Å². The summed E-state index contributed by atoms with van der Waals surface area (Å²) in [7, 11) is 0. The maximum atomic E-state index is 13.4. The Morgan fingerprint density at radius 1 is 1.17 bits per heavy atom. The molecule has 1 fully saturated rings.